The molecule has 2 aromatic rings. The molecule has 94 valence electrons. The van der Waals surface area contributed by atoms with Crippen LogP contribution in [0.5, 0.6) is 5.88 Å². The highest BCUT2D eigenvalue weighted by molar-refractivity contribution is 6.30. The maximum Gasteiger partial charge on any atom is 0.213 e. The first kappa shape index (κ1) is 12.9. The van der Waals surface area contributed by atoms with E-state index in [4.69, 9.17) is 22.1 Å². The van der Waals surface area contributed by atoms with Gasteiger partial charge in [-0.15, -0.1) is 0 Å². The Morgan fingerprint density at radius 3 is 2.50 bits per heavy atom. The lowest BCUT2D eigenvalue weighted by Gasteiger charge is -2.08. The minimum absolute atomic E-state index is 0.0113. The van der Waals surface area contributed by atoms with E-state index in [0.717, 1.165) is 16.1 Å². The fraction of sp³-hybridized carbons (Fsp3) is 0.214. The summed E-state index contributed by atoms with van der Waals surface area (Å²) in [5.74, 6) is 0.592. The van der Waals surface area contributed by atoms with E-state index in [1.165, 1.54) is 0 Å². The largest absolute Gasteiger partial charge is 0.473 e. The van der Waals surface area contributed by atoms with Crippen molar-refractivity contribution in [3.63, 3.8) is 0 Å². The van der Waals surface area contributed by atoms with E-state index in [1.54, 1.807) is 6.20 Å². The topological polar surface area (TPSA) is 48.1 Å². The van der Waals surface area contributed by atoms with Crippen LogP contribution in [0.3, 0.4) is 0 Å². The zero-order chi connectivity index (χ0) is 13.0. The number of rotatable bonds is 4. The summed E-state index contributed by atoms with van der Waals surface area (Å²) in [7, 11) is 0. The van der Waals surface area contributed by atoms with Crippen molar-refractivity contribution in [1.29, 1.82) is 0 Å². The van der Waals surface area contributed by atoms with Gasteiger partial charge in [-0.05, 0) is 30.2 Å². The molecule has 0 aliphatic carbocycles. The number of benzene rings is 1. The number of pyridine rings is 1. The molecule has 0 saturated carbocycles. The molecule has 2 rings (SSSR count). The molecule has 2 N–H and O–H groups in total. The van der Waals surface area contributed by atoms with Gasteiger partial charge >= 0.3 is 0 Å². The average molecular weight is 263 g/mol. The molecule has 18 heavy (non-hydrogen) atoms. The number of hydrogen-bond donors (Lipinski definition) is 1. The molecular formula is C14H15ClN2O. The Morgan fingerprint density at radius 1 is 1.22 bits per heavy atom. The number of halogens is 1. The van der Waals surface area contributed by atoms with Crippen LogP contribution >= 0.6 is 11.6 Å². The monoisotopic (exact) mass is 262 g/mol. The van der Waals surface area contributed by atoms with Crippen molar-refractivity contribution >= 4 is 11.6 Å². The predicted octanol–water partition coefficient (Wildman–Crippen LogP) is 3.33. The van der Waals surface area contributed by atoms with Crippen LogP contribution in [0.15, 0.2) is 42.6 Å². The molecule has 4 heteroatoms. The van der Waals surface area contributed by atoms with Gasteiger partial charge in [-0.1, -0.05) is 29.8 Å². The molecular weight excluding hydrogens is 248 g/mol. The lowest BCUT2D eigenvalue weighted by Crippen LogP contribution is -2.05. The van der Waals surface area contributed by atoms with Crippen molar-refractivity contribution in [2.75, 3.05) is 0 Å². The van der Waals surface area contributed by atoms with E-state index in [2.05, 4.69) is 4.98 Å². The van der Waals surface area contributed by atoms with Crippen LogP contribution in [0.4, 0.5) is 0 Å². The highest BCUT2D eigenvalue weighted by Gasteiger charge is 2.01. The molecule has 0 fully saturated rings. The van der Waals surface area contributed by atoms with Crippen LogP contribution in [-0.2, 0) is 6.61 Å². The van der Waals surface area contributed by atoms with Crippen LogP contribution in [0, 0.1) is 0 Å². The van der Waals surface area contributed by atoms with Crippen molar-refractivity contribution in [2.24, 2.45) is 5.73 Å². The van der Waals surface area contributed by atoms with Gasteiger partial charge in [0.15, 0.2) is 0 Å². The zero-order valence-electron chi connectivity index (χ0n) is 10.1. The Bertz CT molecular complexity index is 494. The van der Waals surface area contributed by atoms with Gasteiger partial charge < -0.3 is 10.5 Å². The first-order chi connectivity index (χ1) is 8.65. The summed E-state index contributed by atoms with van der Waals surface area (Å²) in [6, 6.07) is 11.3. The summed E-state index contributed by atoms with van der Waals surface area (Å²) < 4.78 is 5.57. The van der Waals surface area contributed by atoms with Crippen molar-refractivity contribution < 1.29 is 4.74 Å². The fourth-order valence-electron chi connectivity index (χ4n) is 1.48. The molecule has 0 saturated heterocycles. The standard InChI is InChI=1S/C14H15ClN2O/c1-10(16)12-4-7-14(17-8-12)18-9-11-2-5-13(15)6-3-11/h2-8,10H,9,16H2,1H3. The van der Waals surface area contributed by atoms with Crippen LogP contribution in [-0.4, -0.2) is 4.98 Å². The van der Waals surface area contributed by atoms with Crippen molar-refractivity contribution in [1.82, 2.24) is 4.98 Å². The zero-order valence-corrected chi connectivity index (χ0v) is 10.9. The average Bonchev–Trinajstić information content (AvgIpc) is 2.38. The Hall–Kier alpha value is -1.58. The summed E-state index contributed by atoms with van der Waals surface area (Å²) in [5.41, 5.74) is 7.80. The van der Waals surface area contributed by atoms with Gasteiger partial charge in [0, 0.05) is 23.3 Å². The Balaban J connectivity index is 1.95. The number of nitrogens with two attached hydrogens (primary N) is 1. The molecule has 1 aromatic carbocycles. The lowest BCUT2D eigenvalue weighted by atomic mass is 10.2. The molecule has 0 aliphatic rings. The third-order valence-electron chi connectivity index (χ3n) is 2.58. The first-order valence-corrected chi connectivity index (χ1v) is 6.12. The summed E-state index contributed by atoms with van der Waals surface area (Å²) in [6.45, 7) is 2.40. The summed E-state index contributed by atoms with van der Waals surface area (Å²) in [4.78, 5) is 4.20. The van der Waals surface area contributed by atoms with Gasteiger partial charge in [0.25, 0.3) is 0 Å². The van der Waals surface area contributed by atoms with Gasteiger partial charge in [-0.2, -0.15) is 0 Å². The second-order valence-electron chi connectivity index (χ2n) is 4.13. The minimum Gasteiger partial charge on any atom is -0.473 e. The smallest absolute Gasteiger partial charge is 0.213 e. The SMILES string of the molecule is CC(N)c1ccc(OCc2ccc(Cl)cc2)nc1. The van der Waals surface area contributed by atoms with E-state index in [0.29, 0.717) is 12.5 Å². The maximum atomic E-state index is 5.81. The van der Waals surface area contributed by atoms with Gasteiger partial charge in [0.1, 0.15) is 6.61 Å². The fourth-order valence-corrected chi connectivity index (χ4v) is 1.61. The summed E-state index contributed by atoms with van der Waals surface area (Å²) in [5, 5.41) is 0.721. The third-order valence-corrected chi connectivity index (χ3v) is 2.84. The van der Waals surface area contributed by atoms with E-state index >= 15 is 0 Å². The Morgan fingerprint density at radius 2 is 1.94 bits per heavy atom. The van der Waals surface area contributed by atoms with Gasteiger partial charge in [-0.3, -0.25) is 0 Å². The van der Waals surface area contributed by atoms with E-state index < -0.39 is 0 Å². The van der Waals surface area contributed by atoms with Gasteiger partial charge in [0.2, 0.25) is 5.88 Å². The molecule has 1 atom stereocenters. The van der Waals surface area contributed by atoms with E-state index in [9.17, 15) is 0 Å². The number of aromatic nitrogens is 1. The molecule has 1 aromatic heterocycles. The summed E-state index contributed by atoms with van der Waals surface area (Å²) >= 11 is 5.81. The van der Waals surface area contributed by atoms with Crippen LogP contribution in [0.2, 0.25) is 5.02 Å². The van der Waals surface area contributed by atoms with Crippen molar-refractivity contribution in [2.45, 2.75) is 19.6 Å². The highest BCUT2D eigenvalue weighted by atomic mass is 35.5. The molecule has 0 amide bonds. The second-order valence-corrected chi connectivity index (χ2v) is 4.57. The van der Waals surface area contributed by atoms with Crippen LogP contribution in [0.1, 0.15) is 24.1 Å². The summed E-state index contributed by atoms with van der Waals surface area (Å²) in [6.07, 6.45) is 1.74. The molecule has 0 bridgehead atoms. The van der Waals surface area contributed by atoms with Crippen molar-refractivity contribution in [3.05, 3.63) is 58.7 Å². The van der Waals surface area contributed by atoms with Crippen molar-refractivity contribution in [3.8, 4) is 5.88 Å². The molecule has 0 radical (unpaired) electrons. The molecule has 1 heterocycles. The highest BCUT2D eigenvalue weighted by Crippen LogP contribution is 2.15. The van der Waals surface area contributed by atoms with Crippen LogP contribution < -0.4 is 10.5 Å². The van der Waals surface area contributed by atoms with Gasteiger partial charge in [0.05, 0.1) is 0 Å². The van der Waals surface area contributed by atoms with E-state index in [1.807, 2.05) is 43.3 Å². The van der Waals surface area contributed by atoms with E-state index in [-0.39, 0.29) is 6.04 Å². The minimum atomic E-state index is -0.0113. The first-order valence-electron chi connectivity index (χ1n) is 5.74. The maximum absolute atomic E-state index is 5.81. The second kappa shape index (κ2) is 5.85. The Labute approximate surface area is 112 Å². The molecule has 1 unspecified atom stereocenters. The number of hydrogen-bond acceptors (Lipinski definition) is 3. The van der Waals surface area contributed by atoms with Crippen LogP contribution in [0.25, 0.3) is 0 Å². The predicted molar refractivity (Wildman–Crippen MR) is 72.6 cm³/mol. The normalized spacial score (nSPS) is 12.2. The molecule has 0 spiro atoms. The molecule has 3 nitrogen and oxygen atoms in total. The lowest BCUT2D eigenvalue weighted by molar-refractivity contribution is 0.293. The molecule has 0 aliphatic heterocycles. The quantitative estimate of drug-likeness (QED) is 0.919. The number of ether oxygens (including phenoxy) is 1. The third kappa shape index (κ3) is 3.45. The Kier molecular flexibility index (Phi) is 4.18. The van der Waals surface area contributed by atoms with Gasteiger partial charge in [-0.25, -0.2) is 4.98 Å². The number of nitrogens with zero attached hydrogens (tertiary/aromatic N) is 1.